The lowest BCUT2D eigenvalue weighted by Gasteiger charge is -2.21. The topological polar surface area (TPSA) is 38.4 Å². The Morgan fingerprint density at radius 1 is 0.578 bits per heavy atom. The summed E-state index contributed by atoms with van der Waals surface area (Å²) < 4.78 is 0. The Balaban J connectivity index is 1.17. The van der Waals surface area contributed by atoms with Crippen molar-refractivity contribution in [2.24, 2.45) is 10.7 Å². The third-order valence-corrected chi connectivity index (χ3v) is 8.97. The normalized spacial score (nSPS) is 13.7. The summed E-state index contributed by atoms with van der Waals surface area (Å²) in [5.74, 6) is 0.510. The number of benzene rings is 6. The Hall–Kier alpha value is -5.47. The van der Waals surface area contributed by atoms with Gasteiger partial charge in [-0.2, -0.15) is 0 Å². The van der Waals surface area contributed by atoms with Crippen molar-refractivity contribution in [3.05, 3.63) is 186 Å². The fraction of sp³-hybridized carbons (Fsp3) is 0.0930. The lowest BCUT2D eigenvalue weighted by atomic mass is 9.82. The van der Waals surface area contributed by atoms with Gasteiger partial charge in [0.2, 0.25) is 0 Å². The van der Waals surface area contributed by atoms with E-state index in [4.69, 9.17) is 10.7 Å². The van der Waals surface area contributed by atoms with E-state index in [1.165, 1.54) is 50.1 Å². The molecule has 0 unspecified atom stereocenters. The van der Waals surface area contributed by atoms with Crippen LogP contribution in [-0.4, -0.2) is 5.84 Å². The van der Waals surface area contributed by atoms with Gasteiger partial charge in [0.15, 0.2) is 0 Å². The Bertz CT molecular complexity index is 2030. The van der Waals surface area contributed by atoms with Crippen LogP contribution in [0.15, 0.2) is 163 Å². The summed E-state index contributed by atoms with van der Waals surface area (Å²) in [7, 11) is 0. The second-order valence-electron chi connectivity index (χ2n) is 12.2. The predicted octanol–water partition coefficient (Wildman–Crippen LogP) is 10.3. The van der Waals surface area contributed by atoms with Crippen LogP contribution in [0.2, 0.25) is 0 Å². The Morgan fingerprint density at radius 3 is 1.93 bits per heavy atom. The second-order valence-corrected chi connectivity index (χ2v) is 12.2. The number of amidine groups is 1. The van der Waals surface area contributed by atoms with Gasteiger partial charge in [0.25, 0.3) is 0 Å². The number of rotatable bonds is 7. The Kier molecular flexibility index (Phi) is 7.49. The van der Waals surface area contributed by atoms with Crippen molar-refractivity contribution in [1.29, 1.82) is 0 Å². The standard InChI is InChI=1S/C43H36N2/c1-43(2)38-21-10-9-19-37(38)41-36(20-12-22-39(41)43)32-26-24-31(25-27-32)35-18-11-13-30(29-35)23-28-40(33-14-5-3-6-15-33)45-42(44)34-16-7-4-8-17-34/h3-22,24-29H,23H2,1-2H3,(H2,44,45)/b40-28-. The molecule has 7 rings (SSSR count). The molecule has 0 amide bonds. The van der Waals surface area contributed by atoms with Crippen molar-refractivity contribution in [1.82, 2.24) is 0 Å². The third kappa shape index (κ3) is 5.52. The van der Waals surface area contributed by atoms with Crippen molar-refractivity contribution in [3.8, 4) is 33.4 Å². The fourth-order valence-electron chi connectivity index (χ4n) is 6.57. The minimum Gasteiger partial charge on any atom is -0.383 e. The van der Waals surface area contributed by atoms with Crippen LogP contribution in [-0.2, 0) is 11.8 Å². The molecule has 0 bridgehead atoms. The van der Waals surface area contributed by atoms with Gasteiger partial charge in [-0.25, -0.2) is 4.99 Å². The first-order chi connectivity index (χ1) is 22.0. The molecule has 0 atom stereocenters. The van der Waals surface area contributed by atoms with Gasteiger partial charge < -0.3 is 5.73 Å². The summed E-state index contributed by atoms with van der Waals surface area (Å²) in [5, 5.41) is 0. The van der Waals surface area contributed by atoms with E-state index in [0.29, 0.717) is 5.84 Å². The molecule has 0 heterocycles. The van der Waals surface area contributed by atoms with Crippen molar-refractivity contribution in [2.45, 2.75) is 25.7 Å². The van der Waals surface area contributed by atoms with Crippen LogP contribution in [0.5, 0.6) is 0 Å². The van der Waals surface area contributed by atoms with Gasteiger partial charge in [-0.3, -0.25) is 0 Å². The zero-order valence-electron chi connectivity index (χ0n) is 25.7. The summed E-state index contributed by atoms with van der Waals surface area (Å²) in [4.78, 5) is 4.85. The summed E-state index contributed by atoms with van der Waals surface area (Å²) in [6.45, 7) is 4.67. The van der Waals surface area contributed by atoms with E-state index in [1.807, 2.05) is 48.5 Å². The summed E-state index contributed by atoms with van der Waals surface area (Å²) in [6.07, 6.45) is 2.91. The van der Waals surface area contributed by atoms with Crippen LogP contribution in [0.25, 0.3) is 39.1 Å². The van der Waals surface area contributed by atoms with Crippen LogP contribution < -0.4 is 5.73 Å². The van der Waals surface area contributed by atoms with Crippen LogP contribution in [0.4, 0.5) is 0 Å². The quantitative estimate of drug-likeness (QED) is 0.148. The molecule has 0 spiro atoms. The zero-order valence-corrected chi connectivity index (χ0v) is 25.7. The van der Waals surface area contributed by atoms with Crippen molar-refractivity contribution in [2.75, 3.05) is 0 Å². The molecule has 218 valence electrons. The van der Waals surface area contributed by atoms with Crippen LogP contribution >= 0.6 is 0 Å². The molecule has 0 aromatic heterocycles. The first kappa shape index (κ1) is 28.3. The summed E-state index contributed by atoms with van der Waals surface area (Å²) in [6, 6.07) is 53.6. The minimum absolute atomic E-state index is 0.00425. The van der Waals surface area contributed by atoms with Gasteiger partial charge >= 0.3 is 0 Å². The molecule has 2 N–H and O–H groups in total. The van der Waals surface area contributed by atoms with Gasteiger partial charge in [0.1, 0.15) is 5.84 Å². The molecular weight excluding hydrogens is 544 g/mol. The van der Waals surface area contributed by atoms with Gasteiger partial charge in [0, 0.05) is 11.0 Å². The number of nitrogens with two attached hydrogens (primary N) is 1. The largest absolute Gasteiger partial charge is 0.383 e. The first-order valence-corrected chi connectivity index (χ1v) is 15.6. The lowest BCUT2D eigenvalue weighted by Crippen LogP contribution is -2.14. The molecule has 0 aliphatic heterocycles. The van der Waals surface area contributed by atoms with Gasteiger partial charge in [0.05, 0.1) is 5.70 Å². The third-order valence-electron chi connectivity index (χ3n) is 8.97. The van der Waals surface area contributed by atoms with Crippen LogP contribution in [0, 0.1) is 0 Å². The fourth-order valence-corrected chi connectivity index (χ4v) is 6.57. The molecule has 0 saturated heterocycles. The maximum atomic E-state index is 6.43. The van der Waals surface area contributed by atoms with E-state index in [-0.39, 0.29) is 5.41 Å². The van der Waals surface area contributed by atoms with E-state index < -0.39 is 0 Å². The number of hydrogen-bond donors (Lipinski definition) is 1. The van der Waals surface area contributed by atoms with E-state index in [1.54, 1.807) is 0 Å². The van der Waals surface area contributed by atoms with Crippen molar-refractivity contribution >= 4 is 11.5 Å². The average Bonchev–Trinajstić information content (AvgIpc) is 3.34. The molecule has 2 heteroatoms. The molecule has 0 fully saturated rings. The molecule has 1 aliphatic rings. The molecule has 1 aliphatic carbocycles. The Labute approximate surface area is 266 Å². The van der Waals surface area contributed by atoms with E-state index in [0.717, 1.165) is 23.2 Å². The van der Waals surface area contributed by atoms with Crippen LogP contribution in [0.1, 0.15) is 41.7 Å². The minimum atomic E-state index is -0.00425. The summed E-state index contributed by atoms with van der Waals surface area (Å²) >= 11 is 0. The molecule has 2 nitrogen and oxygen atoms in total. The number of aliphatic imine (C=N–C) groups is 1. The highest BCUT2D eigenvalue weighted by molar-refractivity contribution is 6.00. The number of allylic oxidation sites excluding steroid dienone is 1. The highest BCUT2D eigenvalue weighted by Gasteiger charge is 2.36. The van der Waals surface area contributed by atoms with E-state index >= 15 is 0 Å². The molecule has 0 radical (unpaired) electrons. The number of nitrogens with zero attached hydrogens (tertiary/aromatic N) is 1. The molecule has 0 saturated carbocycles. The Morgan fingerprint density at radius 2 is 1.18 bits per heavy atom. The first-order valence-electron chi connectivity index (χ1n) is 15.6. The van der Waals surface area contributed by atoms with Gasteiger partial charge in [-0.1, -0.05) is 172 Å². The number of fused-ring (bicyclic) bond motifs is 3. The molecule has 45 heavy (non-hydrogen) atoms. The van der Waals surface area contributed by atoms with Gasteiger partial charge in [-0.05, 0) is 62.1 Å². The second kappa shape index (κ2) is 11.9. The number of hydrogen-bond acceptors (Lipinski definition) is 1. The lowest BCUT2D eigenvalue weighted by molar-refractivity contribution is 0.660. The highest BCUT2D eigenvalue weighted by atomic mass is 14.9. The van der Waals surface area contributed by atoms with Crippen LogP contribution in [0.3, 0.4) is 0 Å². The van der Waals surface area contributed by atoms with Crippen molar-refractivity contribution in [3.63, 3.8) is 0 Å². The monoisotopic (exact) mass is 580 g/mol. The van der Waals surface area contributed by atoms with Crippen molar-refractivity contribution < 1.29 is 0 Å². The van der Waals surface area contributed by atoms with E-state index in [9.17, 15) is 0 Å². The predicted molar refractivity (Wildman–Crippen MR) is 190 cm³/mol. The molecule has 6 aromatic carbocycles. The average molecular weight is 581 g/mol. The molecule has 6 aromatic rings. The molecular formula is C43H36N2. The van der Waals surface area contributed by atoms with E-state index in [2.05, 4.69) is 123 Å². The maximum Gasteiger partial charge on any atom is 0.131 e. The smallest absolute Gasteiger partial charge is 0.131 e. The summed E-state index contributed by atoms with van der Waals surface area (Å²) in [5.41, 5.74) is 20.9. The zero-order chi connectivity index (χ0) is 30.8. The maximum absolute atomic E-state index is 6.43. The SMILES string of the molecule is CC1(C)c2ccccc2-c2c(-c3ccc(-c4cccc(C/C=C(\N=C(/N)c5ccccc5)c5ccccc5)c4)cc3)cccc21. The highest BCUT2D eigenvalue weighted by Crippen LogP contribution is 2.51. The van der Waals surface area contributed by atoms with Gasteiger partial charge in [-0.15, -0.1) is 0 Å².